The van der Waals surface area contributed by atoms with Gasteiger partial charge in [-0.3, -0.25) is 0 Å². The fourth-order valence-electron chi connectivity index (χ4n) is 11.4. The van der Waals surface area contributed by atoms with Crippen molar-refractivity contribution in [2.75, 3.05) is 4.90 Å². The van der Waals surface area contributed by atoms with Crippen molar-refractivity contribution in [1.29, 1.82) is 0 Å². The standard InChI is InChI=1S/C70H50FNS/c71-66-44-52(47-22-6-1-7-23-47)43-62(50-28-12-4-13-29-50)65(66)46-63(57-34-17-16-32-55(57)48-24-8-2-9-25-48)51-38-40-60-64(42-51)58-35-18-19-36-59(58)69-61-41-39-54(45-68(61)73-70(60)69)72(53-30-14-5-15-31-53)67-37-21-20-33-56(67)49-26-10-3-11-27-49/h1-22,24-45,47,63H,23,46H2/t47?,63-/m0/s1. The van der Waals surface area contributed by atoms with Crippen LogP contribution >= 0.6 is 11.3 Å². The zero-order valence-electron chi connectivity index (χ0n) is 40.2. The smallest absolute Gasteiger partial charge is 0.127 e. The molecule has 1 aliphatic carbocycles. The van der Waals surface area contributed by atoms with E-state index in [1.54, 1.807) is 6.07 Å². The van der Waals surface area contributed by atoms with Gasteiger partial charge in [-0.2, -0.15) is 0 Å². The van der Waals surface area contributed by atoms with Gasteiger partial charge in [0.25, 0.3) is 0 Å². The van der Waals surface area contributed by atoms with Crippen LogP contribution in [0.1, 0.15) is 40.5 Å². The second kappa shape index (κ2) is 19.2. The topological polar surface area (TPSA) is 3.24 Å². The molecule has 1 unspecified atom stereocenters. The van der Waals surface area contributed by atoms with Gasteiger partial charge < -0.3 is 4.90 Å². The lowest BCUT2D eigenvalue weighted by molar-refractivity contribution is 0.599. The molecule has 3 heteroatoms. The maximum absolute atomic E-state index is 17.4. The Morgan fingerprint density at radius 1 is 0.479 bits per heavy atom. The molecule has 0 N–H and O–H groups in total. The lowest BCUT2D eigenvalue weighted by Gasteiger charge is -2.28. The van der Waals surface area contributed by atoms with Gasteiger partial charge in [0.15, 0.2) is 0 Å². The number of anilines is 3. The van der Waals surface area contributed by atoms with Crippen molar-refractivity contribution in [3.63, 3.8) is 0 Å². The summed E-state index contributed by atoms with van der Waals surface area (Å²) in [7, 11) is 0. The molecular weight excluding hydrogens is 906 g/mol. The monoisotopic (exact) mass is 955 g/mol. The molecule has 1 nitrogen and oxygen atoms in total. The molecule has 13 rings (SSSR count). The Kier molecular flexibility index (Phi) is 11.6. The quantitative estimate of drug-likeness (QED) is 0.117. The van der Waals surface area contributed by atoms with Crippen molar-refractivity contribution < 1.29 is 4.39 Å². The van der Waals surface area contributed by atoms with Crippen LogP contribution in [0.15, 0.2) is 267 Å². The number of benzene rings is 11. The van der Waals surface area contributed by atoms with Crippen molar-refractivity contribution in [1.82, 2.24) is 0 Å². The van der Waals surface area contributed by atoms with E-state index in [-0.39, 0.29) is 17.7 Å². The number of rotatable bonds is 11. The zero-order valence-corrected chi connectivity index (χ0v) is 41.0. The molecule has 0 bridgehead atoms. The van der Waals surface area contributed by atoms with Crippen LogP contribution in [0.25, 0.3) is 75.1 Å². The van der Waals surface area contributed by atoms with Crippen molar-refractivity contribution >= 4 is 70.1 Å². The van der Waals surface area contributed by atoms with Crippen molar-refractivity contribution in [3.8, 4) is 33.4 Å². The average molecular weight is 956 g/mol. The first-order chi connectivity index (χ1) is 36.1. The van der Waals surface area contributed by atoms with Crippen LogP contribution in [0.5, 0.6) is 0 Å². The fourth-order valence-corrected chi connectivity index (χ4v) is 12.7. The highest BCUT2D eigenvalue weighted by molar-refractivity contribution is 7.27. The summed E-state index contributed by atoms with van der Waals surface area (Å²) in [6, 6.07) is 86.9. The number of para-hydroxylation sites is 2. The molecule has 0 amide bonds. The molecule has 2 atom stereocenters. The maximum atomic E-state index is 17.4. The van der Waals surface area contributed by atoms with Crippen LogP contribution in [0.2, 0.25) is 0 Å². The highest BCUT2D eigenvalue weighted by atomic mass is 32.1. The number of hydrogen-bond acceptors (Lipinski definition) is 2. The first-order valence-corrected chi connectivity index (χ1v) is 26.1. The van der Waals surface area contributed by atoms with Gasteiger partial charge in [-0.05, 0) is 122 Å². The zero-order chi connectivity index (χ0) is 48.7. The highest BCUT2D eigenvalue weighted by Gasteiger charge is 2.26. The molecule has 11 aromatic carbocycles. The Bertz CT molecular complexity index is 4040. The lowest BCUT2D eigenvalue weighted by Crippen LogP contribution is -2.11. The predicted octanol–water partition coefficient (Wildman–Crippen LogP) is 19.9. The van der Waals surface area contributed by atoms with Crippen LogP contribution in [-0.4, -0.2) is 0 Å². The van der Waals surface area contributed by atoms with E-state index in [0.717, 1.165) is 62.4 Å². The Morgan fingerprint density at radius 2 is 1.10 bits per heavy atom. The van der Waals surface area contributed by atoms with Crippen LogP contribution in [0, 0.1) is 5.82 Å². The number of thiophene rings is 1. The van der Waals surface area contributed by atoms with E-state index in [1.807, 2.05) is 17.4 Å². The maximum Gasteiger partial charge on any atom is 0.127 e. The summed E-state index contributed by atoms with van der Waals surface area (Å²) in [4.78, 5) is 2.39. The first-order valence-electron chi connectivity index (χ1n) is 25.3. The van der Waals surface area contributed by atoms with Gasteiger partial charge in [0.05, 0.1) is 5.69 Å². The lowest BCUT2D eigenvalue weighted by atomic mass is 9.79. The third kappa shape index (κ3) is 8.22. The molecule has 73 heavy (non-hydrogen) atoms. The SMILES string of the molecule is Fc1cc(C2C=CC=CC2)cc(-c2ccccc2)c1C[C@@H](c1ccc2c(c1)c1ccccc1c1c3ccc(N(c4ccccc4)c4ccccc4-c4ccccc4)cc3sc21)c1ccccc1-c1ccccc1. The van der Waals surface area contributed by atoms with E-state index in [9.17, 15) is 0 Å². The summed E-state index contributed by atoms with van der Waals surface area (Å²) in [5, 5.41) is 7.40. The molecule has 1 heterocycles. The van der Waals surface area contributed by atoms with Gasteiger partial charge in [-0.25, -0.2) is 4.39 Å². The third-order valence-corrected chi connectivity index (χ3v) is 16.1. The van der Waals surface area contributed by atoms with E-state index >= 15 is 4.39 Å². The van der Waals surface area contributed by atoms with Gasteiger partial charge >= 0.3 is 0 Å². The van der Waals surface area contributed by atoms with Crippen molar-refractivity contribution in [2.45, 2.75) is 24.7 Å². The molecule has 0 fully saturated rings. The number of hydrogen-bond donors (Lipinski definition) is 0. The summed E-state index contributed by atoms with van der Waals surface area (Å²) in [6.07, 6.45) is 9.86. The third-order valence-electron chi connectivity index (χ3n) is 14.9. The van der Waals surface area contributed by atoms with E-state index in [1.165, 1.54) is 58.4 Å². The Morgan fingerprint density at radius 3 is 1.82 bits per heavy atom. The number of nitrogens with zero attached hydrogens (tertiary/aromatic N) is 1. The molecule has 0 aliphatic heterocycles. The second-order valence-corrected chi connectivity index (χ2v) is 20.2. The molecular formula is C70H50FNS. The molecule has 1 aromatic heterocycles. The molecule has 0 radical (unpaired) electrons. The van der Waals surface area contributed by atoms with Gasteiger partial charge in [0.2, 0.25) is 0 Å². The first kappa shape index (κ1) is 44.3. The Hall–Kier alpha value is -8.63. The predicted molar refractivity (Wildman–Crippen MR) is 309 cm³/mol. The summed E-state index contributed by atoms with van der Waals surface area (Å²) in [6.45, 7) is 0. The van der Waals surface area contributed by atoms with Gasteiger partial charge in [0, 0.05) is 54.3 Å². The molecule has 0 saturated heterocycles. The van der Waals surface area contributed by atoms with Crippen LogP contribution < -0.4 is 4.90 Å². The van der Waals surface area contributed by atoms with Crippen molar-refractivity contribution in [2.24, 2.45) is 0 Å². The number of fused-ring (bicyclic) bond motifs is 8. The minimum atomic E-state index is -0.178. The van der Waals surface area contributed by atoms with Crippen LogP contribution in [-0.2, 0) is 6.42 Å². The molecule has 12 aromatic rings. The minimum absolute atomic E-state index is 0.121. The van der Waals surface area contributed by atoms with E-state index < -0.39 is 0 Å². The molecule has 1 aliphatic rings. The summed E-state index contributed by atoms with van der Waals surface area (Å²) >= 11 is 1.87. The normalized spacial score (nSPS) is 13.8. The largest absolute Gasteiger partial charge is 0.310 e. The average Bonchev–Trinajstić information content (AvgIpc) is 3.85. The summed E-state index contributed by atoms with van der Waals surface area (Å²) in [5.41, 5.74) is 14.0. The van der Waals surface area contributed by atoms with E-state index in [0.29, 0.717) is 6.42 Å². The molecule has 348 valence electrons. The fraction of sp³-hybridized carbons (Fsp3) is 0.0571. The molecule has 0 spiro atoms. The minimum Gasteiger partial charge on any atom is -0.310 e. The second-order valence-electron chi connectivity index (χ2n) is 19.2. The number of halogens is 1. The van der Waals surface area contributed by atoms with Gasteiger partial charge in [-0.15, -0.1) is 11.3 Å². The van der Waals surface area contributed by atoms with Gasteiger partial charge in [-0.1, -0.05) is 224 Å². The Labute approximate surface area is 430 Å². The summed E-state index contributed by atoms with van der Waals surface area (Å²) in [5.74, 6) is -0.215. The van der Waals surface area contributed by atoms with Crippen LogP contribution in [0.4, 0.5) is 21.5 Å². The van der Waals surface area contributed by atoms with Gasteiger partial charge in [0.1, 0.15) is 5.82 Å². The highest BCUT2D eigenvalue weighted by Crippen LogP contribution is 2.49. The van der Waals surface area contributed by atoms with Crippen molar-refractivity contribution in [3.05, 3.63) is 295 Å². The van der Waals surface area contributed by atoms with Crippen LogP contribution in [0.3, 0.4) is 0 Å². The Balaban J connectivity index is 0.998. The van der Waals surface area contributed by atoms with E-state index in [4.69, 9.17) is 0 Å². The van der Waals surface area contributed by atoms with E-state index in [2.05, 4.69) is 260 Å². The summed E-state index contributed by atoms with van der Waals surface area (Å²) < 4.78 is 19.9. The molecule has 0 saturated carbocycles. The number of allylic oxidation sites excluding steroid dienone is 4.